The molecule has 0 heterocycles. The van der Waals surface area contributed by atoms with E-state index in [1.165, 1.54) is 0 Å². The minimum Gasteiger partial charge on any atom is -0.497 e. The van der Waals surface area contributed by atoms with E-state index in [-0.39, 0.29) is 18.2 Å². The van der Waals surface area contributed by atoms with Crippen LogP contribution >= 0.6 is 11.8 Å². The minimum absolute atomic E-state index is 0.192. The largest absolute Gasteiger partial charge is 0.497 e. The number of thioether (sulfide) groups is 1. The van der Waals surface area contributed by atoms with Crippen LogP contribution in [-0.4, -0.2) is 31.2 Å². The molecule has 166 valence electrons. The highest BCUT2D eigenvalue weighted by Gasteiger charge is 2.21. The van der Waals surface area contributed by atoms with Crippen molar-refractivity contribution < 1.29 is 14.3 Å². The van der Waals surface area contributed by atoms with Gasteiger partial charge >= 0.3 is 0 Å². The first-order chi connectivity index (χ1) is 15.6. The number of hydrogen-bond acceptors (Lipinski definition) is 4. The van der Waals surface area contributed by atoms with Crippen LogP contribution in [0, 0.1) is 0 Å². The topological polar surface area (TPSA) is 67.4 Å². The highest BCUT2D eigenvalue weighted by molar-refractivity contribution is 7.98. The van der Waals surface area contributed by atoms with Gasteiger partial charge in [-0.1, -0.05) is 54.6 Å². The molecule has 1 atom stereocenters. The first-order valence-corrected chi connectivity index (χ1v) is 11.7. The van der Waals surface area contributed by atoms with E-state index in [1.54, 1.807) is 18.9 Å². The molecule has 0 aliphatic heterocycles. The van der Waals surface area contributed by atoms with Crippen LogP contribution in [0.5, 0.6) is 5.75 Å². The molecule has 32 heavy (non-hydrogen) atoms. The van der Waals surface area contributed by atoms with Gasteiger partial charge in [0.25, 0.3) is 0 Å². The molecular formula is C26H28N2O3S. The molecule has 6 heteroatoms. The zero-order valence-corrected chi connectivity index (χ0v) is 19.2. The van der Waals surface area contributed by atoms with Crippen molar-refractivity contribution >= 4 is 23.6 Å². The van der Waals surface area contributed by atoms with E-state index in [2.05, 4.69) is 16.7 Å². The predicted molar refractivity (Wildman–Crippen MR) is 129 cm³/mol. The van der Waals surface area contributed by atoms with Crippen molar-refractivity contribution in [1.82, 2.24) is 10.6 Å². The number of carbonyl (C=O) groups is 2. The van der Waals surface area contributed by atoms with E-state index in [4.69, 9.17) is 4.74 Å². The van der Waals surface area contributed by atoms with Crippen LogP contribution in [-0.2, 0) is 29.0 Å². The molecule has 0 aromatic heterocycles. The Morgan fingerprint density at radius 3 is 2.31 bits per heavy atom. The van der Waals surface area contributed by atoms with Gasteiger partial charge in [-0.05, 0) is 47.2 Å². The fourth-order valence-corrected chi connectivity index (χ4v) is 3.81. The van der Waals surface area contributed by atoms with Crippen molar-refractivity contribution in [2.45, 2.75) is 30.3 Å². The molecule has 0 unspecified atom stereocenters. The van der Waals surface area contributed by atoms with Crippen molar-refractivity contribution in [3.05, 3.63) is 95.6 Å². The molecule has 3 rings (SSSR count). The third-order valence-electron chi connectivity index (χ3n) is 5.06. The van der Waals surface area contributed by atoms with Crippen LogP contribution < -0.4 is 15.4 Å². The number of carbonyl (C=O) groups excluding carboxylic acids is 2. The summed E-state index contributed by atoms with van der Waals surface area (Å²) in [5.74, 6) is 0.337. The molecule has 5 nitrogen and oxygen atoms in total. The number of rotatable bonds is 10. The lowest BCUT2D eigenvalue weighted by Crippen LogP contribution is -2.48. The molecular weight excluding hydrogens is 420 g/mol. The number of ether oxygens (including phenoxy) is 1. The molecule has 0 radical (unpaired) electrons. The van der Waals surface area contributed by atoms with Gasteiger partial charge in [0.2, 0.25) is 11.8 Å². The van der Waals surface area contributed by atoms with Crippen LogP contribution in [0.2, 0.25) is 0 Å². The molecule has 0 aliphatic rings. The summed E-state index contributed by atoms with van der Waals surface area (Å²) in [6.45, 7) is 0.412. The van der Waals surface area contributed by atoms with Gasteiger partial charge in [0.1, 0.15) is 11.8 Å². The van der Waals surface area contributed by atoms with Gasteiger partial charge in [0.15, 0.2) is 0 Å². The molecule has 0 bridgehead atoms. The van der Waals surface area contributed by atoms with Crippen LogP contribution in [0.4, 0.5) is 0 Å². The van der Waals surface area contributed by atoms with Crippen molar-refractivity contribution in [1.29, 1.82) is 0 Å². The second-order valence-corrected chi connectivity index (χ2v) is 8.28. The van der Waals surface area contributed by atoms with E-state index in [1.807, 2.05) is 79.1 Å². The second-order valence-electron chi connectivity index (χ2n) is 7.40. The molecule has 0 spiro atoms. The van der Waals surface area contributed by atoms with Gasteiger partial charge in [-0.25, -0.2) is 0 Å². The number of benzene rings is 3. The van der Waals surface area contributed by atoms with E-state index >= 15 is 0 Å². The van der Waals surface area contributed by atoms with Gasteiger partial charge in [0, 0.05) is 17.9 Å². The molecule has 3 aromatic rings. The summed E-state index contributed by atoms with van der Waals surface area (Å²) in [4.78, 5) is 26.9. The Kier molecular flexibility index (Phi) is 8.75. The van der Waals surface area contributed by atoms with Crippen molar-refractivity contribution in [2.75, 3.05) is 13.4 Å². The Morgan fingerprint density at radius 2 is 1.62 bits per heavy atom. The van der Waals surface area contributed by atoms with E-state index in [0.29, 0.717) is 13.0 Å². The van der Waals surface area contributed by atoms with Crippen molar-refractivity contribution in [3.8, 4) is 5.75 Å². The molecule has 3 aromatic carbocycles. The highest BCUT2D eigenvalue weighted by atomic mass is 32.2. The first kappa shape index (κ1) is 23.4. The van der Waals surface area contributed by atoms with E-state index < -0.39 is 6.04 Å². The van der Waals surface area contributed by atoms with Crippen LogP contribution in [0.25, 0.3) is 0 Å². The summed E-state index contributed by atoms with van der Waals surface area (Å²) in [6, 6.07) is 24.4. The molecule has 0 fully saturated rings. The van der Waals surface area contributed by atoms with Gasteiger partial charge in [0.05, 0.1) is 13.5 Å². The van der Waals surface area contributed by atoms with E-state index in [0.717, 1.165) is 27.3 Å². The summed E-state index contributed by atoms with van der Waals surface area (Å²) in [5.41, 5.74) is 2.87. The maximum absolute atomic E-state index is 13.0. The summed E-state index contributed by atoms with van der Waals surface area (Å²) >= 11 is 1.65. The lowest BCUT2D eigenvalue weighted by molar-refractivity contribution is -0.128. The smallest absolute Gasteiger partial charge is 0.243 e. The third-order valence-corrected chi connectivity index (χ3v) is 5.78. The average molecular weight is 449 g/mol. The monoisotopic (exact) mass is 448 g/mol. The molecule has 0 saturated heterocycles. The standard InChI is InChI=1S/C26H28N2O3S/c1-31-22-13-11-19(12-14-22)17-25(29)28-24(16-21-9-6-10-23(15-21)32-2)26(30)27-18-20-7-4-3-5-8-20/h3-15,24H,16-18H2,1-2H3,(H,27,30)(H,28,29)/t24-/m1/s1. The van der Waals surface area contributed by atoms with Crippen LogP contribution in [0.3, 0.4) is 0 Å². The molecule has 0 aliphatic carbocycles. The Hall–Kier alpha value is -3.25. The Morgan fingerprint density at radius 1 is 0.906 bits per heavy atom. The normalized spacial score (nSPS) is 11.4. The first-order valence-electron chi connectivity index (χ1n) is 10.4. The van der Waals surface area contributed by atoms with Gasteiger partial charge in [-0.2, -0.15) is 0 Å². The maximum Gasteiger partial charge on any atom is 0.243 e. The number of hydrogen-bond donors (Lipinski definition) is 2. The Bertz CT molecular complexity index is 1020. The average Bonchev–Trinajstić information content (AvgIpc) is 2.83. The van der Waals surface area contributed by atoms with Gasteiger partial charge in [-0.3, -0.25) is 9.59 Å². The number of methoxy groups -OCH3 is 1. The fraction of sp³-hybridized carbons (Fsp3) is 0.231. The zero-order valence-electron chi connectivity index (χ0n) is 18.3. The summed E-state index contributed by atoms with van der Waals surface area (Å²) in [7, 11) is 1.60. The summed E-state index contributed by atoms with van der Waals surface area (Å²) in [5, 5.41) is 5.88. The lowest BCUT2D eigenvalue weighted by Gasteiger charge is -2.19. The summed E-state index contributed by atoms with van der Waals surface area (Å²) < 4.78 is 5.16. The molecule has 2 N–H and O–H groups in total. The highest BCUT2D eigenvalue weighted by Crippen LogP contribution is 2.17. The third kappa shape index (κ3) is 7.17. The second kappa shape index (κ2) is 12.0. The fourth-order valence-electron chi connectivity index (χ4n) is 3.33. The Labute approximate surface area is 193 Å². The summed E-state index contributed by atoms with van der Waals surface area (Å²) in [6.07, 6.45) is 2.63. The maximum atomic E-state index is 13.0. The minimum atomic E-state index is -0.665. The number of nitrogens with one attached hydrogen (secondary N) is 2. The van der Waals surface area contributed by atoms with Gasteiger partial charge in [-0.15, -0.1) is 11.8 Å². The lowest BCUT2D eigenvalue weighted by atomic mass is 10.0. The molecule has 0 saturated carbocycles. The predicted octanol–water partition coefficient (Wildman–Crippen LogP) is 4.00. The quantitative estimate of drug-likeness (QED) is 0.460. The van der Waals surface area contributed by atoms with Gasteiger partial charge < -0.3 is 15.4 Å². The van der Waals surface area contributed by atoms with Crippen LogP contribution in [0.15, 0.2) is 83.8 Å². The van der Waals surface area contributed by atoms with Crippen LogP contribution in [0.1, 0.15) is 16.7 Å². The molecule has 2 amide bonds. The SMILES string of the molecule is COc1ccc(CC(=O)N[C@H](Cc2cccc(SC)c2)C(=O)NCc2ccccc2)cc1. The van der Waals surface area contributed by atoms with Crippen molar-refractivity contribution in [3.63, 3.8) is 0 Å². The zero-order chi connectivity index (χ0) is 22.8. The van der Waals surface area contributed by atoms with Crippen molar-refractivity contribution in [2.24, 2.45) is 0 Å². The van der Waals surface area contributed by atoms with E-state index in [9.17, 15) is 9.59 Å². The number of amides is 2. The Balaban J connectivity index is 1.69.